The molecule has 4 aromatic carbocycles. The molecule has 0 aliphatic carbocycles. The topological polar surface area (TPSA) is 81.0 Å². The number of aromatic nitrogens is 5. The van der Waals surface area contributed by atoms with Gasteiger partial charge in [-0.05, 0) is 60.0 Å². The van der Waals surface area contributed by atoms with Crippen LogP contribution in [0.4, 0.5) is 15.9 Å². The van der Waals surface area contributed by atoms with Crippen LogP contribution in [-0.2, 0) is 13.2 Å². The minimum atomic E-state index is -0.304. The van der Waals surface area contributed by atoms with Gasteiger partial charge in [-0.15, -0.1) is 5.10 Å². The van der Waals surface area contributed by atoms with Gasteiger partial charge in [0.1, 0.15) is 36.0 Å². The lowest BCUT2D eigenvalue weighted by Crippen LogP contribution is -2.21. The van der Waals surface area contributed by atoms with E-state index >= 15 is 0 Å². The molecule has 0 bridgehead atoms. The van der Waals surface area contributed by atoms with Gasteiger partial charge in [0.25, 0.3) is 0 Å². The zero-order valence-corrected chi connectivity index (χ0v) is 24.5. The lowest BCUT2D eigenvalue weighted by molar-refractivity contribution is 0.306. The normalized spacial score (nSPS) is 15.1. The van der Waals surface area contributed by atoms with Crippen molar-refractivity contribution in [3.63, 3.8) is 0 Å². The SMILES string of the molecule is Fc1cccc(COc2ccc(Nc3ncnc4ccc(-c5cn(C6CCN(Cc7ccccc7)C6)nn5)cc34)cc2Cl)c1. The smallest absolute Gasteiger partial charge is 0.141 e. The van der Waals surface area contributed by atoms with Crippen LogP contribution in [0.5, 0.6) is 5.75 Å². The highest BCUT2D eigenvalue weighted by Gasteiger charge is 2.25. The van der Waals surface area contributed by atoms with E-state index in [2.05, 4.69) is 54.8 Å². The fourth-order valence-corrected chi connectivity index (χ4v) is 5.77. The number of hydrogen-bond donors (Lipinski definition) is 1. The fraction of sp³-hybridized carbons (Fsp3) is 0.176. The van der Waals surface area contributed by atoms with Crippen LogP contribution in [0.1, 0.15) is 23.6 Å². The molecule has 1 saturated heterocycles. The number of hydrogen-bond acceptors (Lipinski definition) is 7. The van der Waals surface area contributed by atoms with E-state index < -0.39 is 0 Å². The Morgan fingerprint density at radius 3 is 2.68 bits per heavy atom. The van der Waals surface area contributed by atoms with Gasteiger partial charge in [0.15, 0.2) is 0 Å². The van der Waals surface area contributed by atoms with Crippen molar-refractivity contribution in [1.82, 2.24) is 29.9 Å². The summed E-state index contributed by atoms with van der Waals surface area (Å²) in [4.78, 5) is 11.4. The number of likely N-dealkylation sites (tertiary alicyclic amines) is 1. The van der Waals surface area contributed by atoms with Gasteiger partial charge in [-0.2, -0.15) is 0 Å². The second-order valence-corrected chi connectivity index (χ2v) is 11.3. The average molecular weight is 606 g/mol. The minimum absolute atomic E-state index is 0.209. The van der Waals surface area contributed by atoms with E-state index in [1.807, 2.05) is 41.2 Å². The summed E-state index contributed by atoms with van der Waals surface area (Å²) < 4.78 is 21.3. The van der Waals surface area contributed by atoms with Crippen molar-refractivity contribution in [2.75, 3.05) is 18.4 Å². The van der Waals surface area contributed by atoms with Crippen LogP contribution in [0.2, 0.25) is 5.02 Å². The first-order chi connectivity index (χ1) is 21.6. The Hall–Kier alpha value is -4.86. The fourth-order valence-electron chi connectivity index (χ4n) is 5.54. The molecule has 0 amide bonds. The minimum Gasteiger partial charge on any atom is -0.487 e. The highest BCUT2D eigenvalue weighted by molar-refractivity contribution is 6.32. The van der Waals surface area contributed by atoms with Crippen molar-refractivity contribution in [3.8, 4) is 17.0 Å². The second-order valence-electron chi connectivity index (χ2n) is 10.9. The van der Waals surface area contributed by atoms with Gasteiger partial charge in [0, 0.05) is 36.3 Å². The summed E-state index contributed by atoms with van der Waals surface area (Å²) in [5.74, 6) is 0.840. The molecule has 0 saturated carbocycles. The molecular weight excluding hydrogens is 577 g/mol. The summed E-state index contributed by atoms with van der Waals surface area (Å²) in [5, 5.41) is 13.6. The van der Waals surface area contributed by atoms with Crippen LogP contribution in [0.15, 0.2) is 104 Å². The van der Waals surface area contributed by atoms with Crippen molar-refractivity contribution < 1.29 is 9.13 Å². The first kappa shape index (κ1) is 27.9. The Morgan fingerprint density at radius 2 is 1.82 bits per heavy atom. The molecule has 2 aromatic heterocycles. The monoisotopic (exact) mass is 605 g/mol. The van der Waals surface area contributed by atoms with Crippen LogP contribution in [0, 0.1) is 5.82 Å². The first-order valence-electron chi connectivity index (χ1n) is 14.4. The van der Waals surface area contributed by atoms with E-state index in [0.29, 0.717) is 16.6 Å². The van der Waals surface area contributed by atoms with E-state index in [4.69, 9.17) is 16.3 Å². The lowest BCUT2D eigenvalue weighted by atomic mass is 10.1. The summed E-state index contributed by atoms with van der Waals surface area (Å²) in [7, 11) is 0. The summed E-state index contributed by atoms with van der Waals surface area (Å²) >= 11 is 6.53. The molecule has 220 valence electrons. The lowest BCUT2D eigenvalue weighted by Gasteiger charge is -2.15. The van der Waals surface area contributed by atoms with Gasteiger partial charge in [-0.3, -0.25) is 4.90 Å². The molecule has 3 heterocycles. The van der Waals surface area contributed by atoms with Crippen LogP contribution in [-0.4, -0.2) is 43.0 Å². The van der Waals surface area contributed by atoms with Gasteiger partial charge in [-0.25, -0.2) is 19.0 Å². The number of nitrogens with zero attached hydrogens (tertiary/aromatic N) is 6. The second kappa shape index (κ2) is 12.4. The van der Waals surface area contributed by atoms with Crippen LogP contribution >= 0.6 is 11.6 Å². The molecule has 7 rings (SSSR count). The molecule has 1 atom stereocenters. The number of fused-ring (bicyclic) bond motifs is 1. The van der Waals surface area contributed by atoms with Crippen molar-refractivity contribution in [2.24, 2.45) is 0 Å². The van der Waals surface area contributed by atoms with Crippen molar-refractivity contribution >= 4 is 34.0 Å². The molecule has 0 radical (unpaired) electrons. The van der Waals surface area contributed by atoms with Crippen molar-refractivity contribution in [3.05, 3.63) is 125 Å². The number of nitrogens with one attached hydrogen (secondary N) is 1. The standard InChI is InChI=1S/C34H29ClFN7O/c35-30-17-27(10-12-33(30)44-21-24-7-4-8-26(36)15-24)39-34-29-16-25(9-11-31(29)37-22-38-34)32-20-43(41-40-32)28-13-14-42(19-28)18-23-5-2-1-3-6-23/h1-12,15-17,20,22,28H,13-14,18-19,21H2,(H,37,38,39). The predicted octanol–water partition coefficient (Wildman–Crippen LogP) is 7.45. The number of anilines is 2. The van der Waals surface area contributed by atoms with Gasteiger partial charge in [-0.1, -0.05) is 65.3 Å². The van der Waals surface area contributed by atoms with E-state index in [9.17, 15) is 4.39 Å². The molecule has 6 aromatic rings. The maximum Gasteiger partial charge on any atom is 0.141 e. The summed E-state index contributed by atoms with van der Waals surface area (Å²) in [6.07, 6.45) is 4.59. The van der Waals surface area contributed by atoms with E-state index in [0.717, 1.165) is 59.5 Å². The van der Waals surface area contributed by atoms with E-state index in [1.165, 1.54) is 24.0 Å². The van der Waals surface area contributed by atoms with Crippen LogP contribution in [0.3, 0.4) is 0 Å². The van der Waals surface area contributed by atoms with E-state index in [-0.39, 0.29) is 18.5 Å². The largest absolute Gasteiger partial charge is 0.487 e. The van der Waals surface area contributed by atoms with Gasteiger partial charge >= 0.3 is 0 Å². The highest BCUT2D eigenvalue weighted by Crippen LogP contribution is 2.32. The maximum atomic E-state index is 13.5. The number of rotatable bonds is 9. The predicted molar refractivity (Wildman–Crippen MR) is 169 cm³/mol. The van der Waals surface area contributed by atoms with Crippen LogP contribution in [0.25, 0.3) is 22.2 Å². The number of ether oxygens (including phenoxy) is 1. The molecule has 8 nitrogen and oxygen atoms in total. The Balaban J connectivity index is 1.05. The Kier molecular flexibility index (Phi) is 7.87. The maximum absolute atomic E-state index is 13.5. The Labute approximate surface area is 259 Å². The zero-order chi connectivity index (χ0) is 29.9. The molecular formula is C34H29ClFN7O. The molecule has 0 spiro atoms. The van der Waals surface area contributed by atoms with E-state index in [1.54, 1.807) is 24.3 Å². The molecule has 44 heavy (non-hydrogen) atoms. The highest BCUT2D eigenvalue weighted by atomic mass is 35.5. The van der Waals surface area contributed by atoms with Crippen LogP contribution < -0.4 is 10.1 Å². The quantitative estimate of drug-likeness (QED) is 0.183. The van der Waals surface area contributed by atoms with Crippen molar-refractivity contribution in [1.29, 1.82) is 0 Å². The van der Waals surface area contributed by atoms with Gasteiger partial charge < -0.3 is 10.1 Å². The Morgan fingerprint density at radius 1 is 0.932 bits per heavy atom. The molecule has 1 aliphatic heterocycles. The number of halogens is 2. The van der Waals surface area contributed by atoms with Crippen molar-refractivity contribution in [2.45, 2.75) is 25.6 Å². The molecule has 1 unspecified atom stereocenters. The molecule has 10 heteroatoms. The molecule has 1 fully saturated rings. The third-order valence-electron chi connectivity index (χ3n) is 7.79. The Bertz CT molecular complexity index is 1920. The molecule has 1 aliphatic rings. The summed E-state index contributed by atoms with van der Waals surface area (Å²) in [6, 6.07) is 28.5. The average Bonchev–Trinajstić information content (AvgIpc) is 3.72. The summed E-state index contributed by atoms with van der Waals surface area (Å²) in [5.41, 5.74) is 5.31. The zero-order valence-electron chi connectivity index (χ0n) is 23.8. The number of benzene rings is 4. The van der Waals surface area contributed by atoms with Gasteiger partial charge in [0.05, 0.1) is 22.8 Å². The van der Waals surface area contributed by atoms with Gasteiger partial charge in [0.2, 0.25) is 0 Å². The first-order valence-corrected chi connectivity index (χ1v) is 14.8. The third kappa shape index (κ3) is 6.24. The molecule has 1 N–H and O–H groups in total. The summed E-state index contributed by atoms with van der Waals surface area (Å²) in [6.45, 7) is 3.12. The third-order valence-corrected chi connectivity index (χ3v) is 8.09.